The van der Waals surface area contributed by atoms with Gasteiger partial charge in [0.25, 0.3) is 0 Å². The molecule has 0 aliphatic carbocycles. The van der Waals surface area contributed by atoms with Gasteiger partial charge in [-0.1, -0.05) is 0 Å². The summed E-state index contributed by atoms with van der Waals surface area (Å²) in [5.41, 5.74) is 0.0731. The van der Waals surface area contributed by atoms with E-state index < -0.39 is 5.97 Å². The summed E-state index contributed by atoms with van der Waals surface area (Å²) in [6.45, 7) is 0.0315. The number of likely N-dealkylation sites (N-methyl/N-ethyl adjacent to an activating group) is 1. The van der Waals surface area contributed by atoms with Crippen molar-refractivity contribution >= 4 is 11.9 Å². The van der Waals surface area contributed by atoms with Crippen molar-refractivity contribution in [3.63, 3.8) is 0 Å². The summed E-state index contributed by atoms with van der Waals surface area (Å²) in [6, 6.07) is 0. The zero-order chi connectivity index (χ0) is 9.84. The summed E-state index contributed by atoms with van der Waals surface area (Å²) >= 11 is 0. The Labute approximate surface area is 74.2 Å². The van der Waals surface area contributed by atoms with Crippen molar-refractivity contribution in [2.45, 2.75) is 6.54 Å². The van der Waals surface area contributed by atoms with Gasteiger partial charge < -0.3 is 10.4 Å². The van der Waals surface area contributed by atoms with Crippen LogP contribution in [0.3, 0.4) is 0 Å². The number of amides is 1. The number of carbonyl (C=O) groups excluding carboxylic acids is 1. The normalized spacial score (nSPS) is 9.62. The first-order valence-electron chi connectivity index (χ1n) is 3.60. The number of hydrogen-bond donors (Lipinski definition) is 2. The maximum Gasteiger partial charge on any atom is 0.338 e. The summed E-state index contributed by atoms with van der Waals surface area (Å²) in [4.78, 5) is 21.3. The molecule has 0 aliphatic rings. The number of carboxylic acid groups (broad SMARTS) is 1. The molecule has 6 heteroatoms. The number of carbonyl (C=O) groups is 2. The number of aromatic carboxylic acids is 1. The van der Waals surface area contributed by atoms with E-state index in [4.69, 9.17) is 5.11 Å². The van der Waals surface area contributed by atoms with Crippen LogP contribution in [0.5, 0.6) is 0 Å². The molecule has 1 heterocycles. The third kappa shape index (κ3) is 2.29. The Hall–Kier alpha value is -1.85. The Kier molecular flexibility index (Phi) is 2.63. The van der Waals surface area contributed by atoms with Crippen molar-refractivity contribution < 1.29 is 14.7 Å². The van der Waals surface area contributed by atoms with E-state index in [1.54, 1.807) is 0 Å². The number of nitrogens with zero attached hydrogens (tertiary/aromatic N) is 2. The van der Waals surface area contributed by atoms with Gasteiger partial charge in [-0.2, -0.15) is 5.10 Å². The van der Waals surface area contributed by atoms with Gasteiger partial charge in [0.2, 0.25) is 5.91 Å². The number of aromatic nitrogens is 2. The number of rotatable bonds is 3. The van der Waals surface area contributed by atoms with Crippen LogP contribution >= 0.6 is 0 Å². The molecule has 1 amide bonds. The van der Waals surface area contributed by atoms with Crippen LogP contribution in [0, 0.1) is 0 Å². The fourth-order valence-corrected chi connectivity index (χ4v) is 0.787. The molecule has 0 atom stereocenters. The molecule has 2 N–H and O–H groups in total. The molecule has 0 unspecified atom stereocenters. The van der Waals surface area contributed by atoms with Crippen LogP contribution < -0.4 is 5.32 Å². The lowest BCUT2D eigenvalue weighted by Gasteiger charge is -1.97. The van der Waals surface area contributed by atoms with Crippen molar-refractivity contribution in [3.8, 4) is 0 Å². The quantitative estimate of drug-likeness (QED) is 0.650. The van der Waals surface area contributed by atoms with Gasteiger partial charge in [-0.25, -0.2) is 4.79 Å². The van der Waals surface area contributed by atoms with Crippen molar-refractivity contribution in [1.82, 2.24) is 15.1 Å². The van der Waals surface area contributed by atoms with Gasteiger partial charge in [-0.05, 0) is 0 Å². The van der Waals surface area contributed by atoms with E-state index in [-0.39, 0.29) is 18.0 Å². The van der Waals surface area contributed by atoms with Gasteiger partial charge in [0.1, 0.15) is 6.54 Å². The Morgan fingerprint density at radius 2 is 2.38 bits per heavy atom. The van der Waals surface area contributed by atoms with Gasteiger partial charge in [-0.3, -0.25) is 9.48 Å². The minimum absolute atomic E-state index is 0.0315. The molecule has 1 aromatic heterocycles. The van der Waals surface area contributed by atoms with Crippen molar-refractivity contribution in [2.75, 3.05) is 7.05 Å². The molecule has 0 bridgehead atoms. The van der Waals surface area contributed by atoms with E-state index in [1.807, 2.05) is 0 Å². The molecule has 0 fully saturated rings. The number of nitrogens with one attached hydrogen (secondary N) is 1. The second-order valence-corrected chi connectivity index (χ2v) is 2.40. The van der Waals surface area contributed by atoms with E-state index in [0.717, 1.165) is 0 Å². The lowest BCUT2D eigenvalue weighted by molar-refractivity contribution is -0.121. The molecule has 0 saturated carbocycles. The SMILES string of the molecule is CNC(=O)Cn1cc(C(=O)O)cn1. The highest BCUT2D eigenvalue weighted by molar-refractivity contribution is 5.87. The molecule has 1 aromatic rings. The van der Waals surface area contributed by atoms with Crippen LogP contribution in [0.25, 0.3) is 0 Å². The van der Waals surface area contributed by atoms with E-state index >= 15 is 0 Å². The molecule has 0 aliphatic heterocycles. The zero-order valence-corrected chi connectivity index (χ0v) is 7.02. The van der Waals surface area contributed by atoms with Crippen LogP contribution in [0.15, 0.2) is 12.4 Å². The van der Waals surface area contributed by atoms with Crippen molar-refractivity contribution in [2.24, 2.45) is 0 Å². The van der Waals surface area contributed by atoms with Crippen LogP contribution in [-0.2, 0) is 11.3 Å². The van der Waals surface area contributed by atoms with Gasteiger partial charge >= 0.3 is 5.97 Å². The van der Waals surface area contributed by atoms with Gasteiger partial charge in [0.05, 0.1) is 11.8 Å². The van der Waals surface area contributed by atoms with E-state index in [0.29, 0.717) is 0 Å². The molecule has 13 heavy (non-hydrogen) atoms. The number of carboxylic acids is 1. The van der Waals surface area contributed by atoms with Crippen LogP contribution in [0.1, 0.15) is 10.4 Å². The van der Waals surface area contributed by atoms with Crippen molar-refractivity contribution in [3.05, 3.63) is 18.0 Å². The van der Waals surface area contributed by atoms with Gasteiger partial charge in [0, 0.05) is 13.2 Å². The monoisotopic (exact) mass is 183 g/mol. The van der Waals surface area contributed by atoms with Crippen LogP contribution in [-0.4, -0.2) is 33.8 Å². The fraction of sp³-hybridized carbons (Fsp3) is 0.286. The summed E-state index contributed by atoms with van der Waals surface area (Å²) < 4.78 is 1.27. The molecule has 0 spiro atoms. The summed E-state index contributed by atoms with van der Waals surface area (Å²) in [7, 11) is 1.50. The first kappa shape index (κ1) is 9.24. The maximum absolute atomic E-state index is 10.8. The predicted molar refractivity (Wildman–Crippen MR) is 43.3 cm³/mol. The Morgan fingerprint density at radius 3 is 2.85 bits per heavy atom. The molecular formula is C7H9N3O3. The topological polar surface area (TPSA) is 84.2 Å². The predicted octanol–water partition coefficient (Wildman–Crippen LogP) is -0.673. The standard InChI is InChI=1S/C7H9N3O3/c1-8-6(11)4-10-3-5(2-9-10)7(12)13/h2-3H,4H2,1H3,(H,8,11)(H,12,13). The van der Waals surface area contributed by atoms with Crippen molar-refractivity contribution in [1.29, 1.82) is 0 Å². The fourth-order valence-electron chi connectivity index (χ4n) is 0.787. The average Bonchev–Trinajstić information content (AvgIpc) is 2.52. The largest absolute Gasteiger partial charge is 0.478 e. The Bertz CT molecular complexity index is 331. The molecule has 0 aromatic carbocycles. The molecular weight excluding hydrogens is 174 g/mol. The highest BCUT2D eigenvalue weighted by atomic mass is 16.4. The minimum atomic E-state index is -1.05. The first-order valence-corrected chi connectivity index (χ1v) is 3.60. The van der Waals surface area contributed by atoms with Gasteiger partial charge in [0.15, 0.2) is 0 Å². The first-order chi connectivity index (χ1) is 6.13. The molecule has 70 valence electrons. The highest BCUT2D eigenvalue weighted by Crippen LogP contribution is 1.96. The average molecular weight is 183 g/mol. The lowest BCUT2D eigenvalue weighted by Crippen LogP contribution is -2.23. The second-order valence-electron chi connectivity index (χ2n) is 2.40. The highest BCUT2D eigenvalue weighted by Gasteiger charge is 2.07. The van der Waals surface area contributed by atoms with Gasteiger partial charge in [-0.15, -0.1) is 0 Å². The zero-order valence-electron chi connectivity index (χ0n) is 7.02. The number of hydrogen-bond acceptors (Lipinski definition) is 3. The van der Waals surface area contributed by atoms with Crippen LogP contribution in [0.4, 0.5) is 0 Å². The van der Waals surface area contributed by atoms with E-state index in [9.17, 15) is 9.59 Å². The Balaban J connectivity index is 2.69. The smallest absolute Gasteiger partial charge is 0.338 e. The molecule has 0 saturated heterocycles. The summed E-state index contributed by atoms with van der Waals surface area (Å²) in [5.74, 6) is -1.27. The van der Waals surface area contributed by atoms with E-state index in [2.05, 4.69) is 10.4 Å². The molecule has 1 rings (SSSR count). The summed E-state index contributed by atoms with van der Waals surface area (Å²) in [6.07, 6.45) is 2.50. The lowest BCUT2D eigenvalue weighted by atomic mass is 10.4. The van der Waals surface area contributed by atoms with E-state index in [1.165, 1.54) is 24.1 Å². The molecule has 0 radical (unpaired) electrons. The summed E-state index contributed by atoms with van der Waals surface area (Å²) in [5, 5.41) is 14.6. The third-order valence-corrected chi connectivity index (χ3v) is 1.46. The minimum Gasteiger partial charge on any atom is -0.478 e. The van der Waals surface area contributed by atoms with Crippen LogP contribution in [0.2, 0.25) is 0 Å². The Morgan fingerprint density at radius 1 is 1.69 bits per heavy atom. The molecule has 6 nitrogen and oxygen atoms in total. The maximum atomic E-state index is 10.8. The second kappa shape index (κ2) is 3.70. The third-order valence-electron chi connectivity index (χ3n) is 1.46.